The van der Waals surface area contributed by atoms with Gasteiger partial charge in [0.25, 0.3) is 5.91 Å². The molecule has 1 amide bonds. The van der Waals surface area contributed by atoms with E-state index in [0.717, 1.165) is 23.2 Å². The molecular weight excluding hydrogens is 299 g/mol. The molecule has 0 N–H and O–H groups in total. The standard InChI is InChI=1S/C16H15FN4O2/c1-10-9-23-13-4-3-11(7-12(13)19(10)2)21-15(22)8-14(17)20-6-5-18-16(20)21/h3-4,7-8H,1,5-6,9H2,2H3. The van der Waals surface area contributed by atoms with Crippen molar-refractivity contribution in [2.24, 2.45) is 4.99 Å². The number of guanidine groups is 1. The van der Waals surface area contributed by atoms with Gasteiger partial charge in [0, 0.05) is 19.3 Å². The Bertz CT molecular complexity index is 786. The second kappa shape index (κ2) is 4.84. The van der Waals surface area contributed by atoms with Crippen LogP contribution in [0.15, 0.2) is 47.5 Å². The summed E-state index contributed by atoms with van der Waals surface area (Å²) in [6, 6.07) is 5.40. The second-order valence-electron chi connectivity index (χ2n) is 5.54. The summed E-state index contributed by atoms with van der Waals surface area (Å²) in [6.07, 6.45) is 0.989. The van der Waals surface area contributed by atoms with Crippen LogP contribution in [0.3, 0.4) is 0 Å². The number of likely N-dealkylation sites (N-methyl/N-ethyl adjacent to an activating group) is 1. The third-order valence-electron chi connectivity index (χ3n) is 4.17. The molecule has 0 aromatic heterocycles. The minimum absolute atomic E-state index is 0.327. The molecule has 0 aliphatic carbocycles. The predicted molar refractivity (Wildman–Crippen MR) is 85.2 cm³/mol. The van der Waals surface area contributed by atoms with Gasteiger partial charge in [0.15, 0.2) is 0 Å². The predicted octanol–water partition coefficient (Wildman–Crippen LogP) is 1.86. The van der Waals surface area contributed by atoms with E-state index < -0.39 is 11.9 Å². The van der Waals surface area contributed by atoms with Crippen LogP contribution in [0.5, 0.6) is 5.75 Å². The Morgan fingerprint density at radius 3 is 3.04 bits per heavy atom. The van der Waals surface area contributed by atoms with Crippen molar-refractivity contribution in [2.75, 3.05) is 36.5 Å². The lowest BCUT2D eigenvalue weighted by molar-refractivity contribution is -0.113. The van der Waals surface area contributed by atoms with Crippen molar-refractivity contribution in [1.82, 2.24) is 4.90 Å². The molecule has 4 rings (SSSR count). The van der Waals surface area contributed by atoms with Gasteiger partial charge in [-0.25, -0.2) is 4.90 Å². The van der Waals surface area contributed by atoms with E-state index in [9.17, 15) is 9.18 Å². The van der Waals surface area contributed by atoms with Crippen molar-refractivity contribution >= 4 is 23.2 Å². The van der Waals surface area contributed by atoms with Crippen molar-refractivity contribution in [3.8, 4) is 5.75 Å². The molecule has 0 unspecified atom stereocenters. The summed E-state index contributed by atoms with van der Waals surface area (Å²) in [5.41, 5.74) is 2.26. The first kappa shape index (κ1) is 13.8. The van der Waals surface area contributed by atoms with Gasteiger partial charge in [-0.3, -0.25) is 14.7 Å². The zero-order chi connectivity index (χ0) is 16.1. The van der Waals surface area contributed by atoms with Gasteiger partial charge in [-0.15, -0.1) is 0 Å². The first-order valence-electron chi connectivity index (χ1n) is 7.28. The summed E-state index contributed by atoms with van der Waals surface area (Å²) in [7, 11) is 1.89. The quantitative estimate of drug-likeness (QED) is 0.743. The van der Waals surface area contributed by atoms with Gasteiger partial charge in [0.05, 0.1) is 24.0 Å². The molecule has 23 heavy (non-hydrogen) atoms. The zero-order valence-corrected chi connectivity index (χ0v) is 12.6. The number of fused-ring (bicyclic) bond motifs is 2. The topological polar surface area (TPSA) is 48.4 Å². The normalized spacial score (nSPS) is 20.0. The van der Waals surface area contributed by atoms with Gasteiger partial charge >= 0.3 is 0 Å². The zero-order valence-electron chi connectivity index (χ0n) is 12.6. The minimum Gasteiger partial charge on any atom is -0.485 e. The van der Waals surface area contributed by atoms with E-state index in [4.69, 9.17) is 4.74 Å². The highest BCUT2D eigenvalue weighted by Gasteiger charge is 2.36. The number of halogens is 1. The minimum atomic E-state index is -0.561. The Morgan fingerprint density at radius 2 is 2.22 bits per heavy atom. The van der Waals surface area contributed by atoms with Gasteiger partial charge < -0.3 is 9.64 Å². The van der Waals surface area contributed by atoms with Crippen molar-refractivity contribution in [3.63, 3.8) is 0 Å². The van der Waals surface area contributed by atoms with E-state index >= 15 is 0 Å². The molecule has 6 nitrogen and oxygen atoms in total. The van der Waals surface area contributed by atoms with Gasteiger partial charge in [-0.1, -0.05) is 6.58 Å². The second-order valence-corrected chi connectivity index (χ2v) is 5.54. The number of carbonyl (C=O) groups is 1. The summed E-state index contributed by atoms with van der Waals surface area (Å²) in [4.78, 5) is 21.3. The summed E-state index contributed by atoms with van der Waals surface area (Å²) < 4.78 is 19.5. The Kier molecular flexibility index (Phi) is 2.90. The van der Waals surface area contributed by atoms with Crippen LogP contribution in [-0.2, 0) is 4.79 Å². The Balaban J connectivity index is 1.79. The van der Waals surface area contributed by atoms with Crippen LogP contribution in [0.4, 0.5) is 15.8 Å². The fraction of sp³-hybridized carbons (Fsp3) is 0.250. The summed E-state index contributed by atoms with van der Waals surface area (Å²) >= 11 is 0. The highest BCUT2D eigenvalue weighted by atomic mass is 19.1. The summed E-state index contributed by atoms with van der Waals surface area (Å²) in [5.74, 6) is 0.0417. The first-order valence-corrected chi connectivity index (χ1v) is 7.28. The molecule has 0 spiro atoms. The monoisotopic (exact) mass is 314 g/mol. The van der Waals surface area contributed by atoms with Crippen molar-refractivity contribution in [1.29, 1.82) is 0 Å². The molecule has 3 aliphatic heterocycles. The van der Waals surface area contributed by atoms with Gasteiger partial charge in [-0.2, -0.15) is 4.39 Å². The number of nitrogens with zero attached hydrogens (tertiary/aromatic N) is 4. The summed E-state index contributed by atoms with van der Waals surface area (Å²) in [5, 5.41) is 0. The lowest BCUT2D eigenvalue weighted by atomic mass is 10.2. The maximum absolute atomic E-state index is 13.9. The molecule has 7 heteroatoms. The third kappa shape index (κ3) is 2.00. The van der Waals surface area contributed by atoms with Gasteiger partial charge in [-0.05, 0) is 18.2 Å². The number of amides is 1. The lowest BCUT2D eigenvalue weighted by Crippen LogP contribution is -2.48. The molecule has 3 heterocycles. The summed E-state index contributed by atoms with van der Waals surface area (Å²) in [6.45, 7) is 5.27. The van der Waals surface area contributed by atoms with E-state index in [0.29, 0.717) is 31.3 Å². The lowest BCUT2D eigenvalue weighted by Gasteiger charge is -2.34. The molecule has 0 saturated carbocycles. The van der Waals surface area contributed by atoms with Gasteiger partial charge in [0.2, 0.25) is 11.9 Å². The van der Waals surface area contributed by atoms with Gasteiger partial charge in [0.1, 0.15) is 12.4 Å². The number of ether oxygens (including phenoxy) is 1. The van der Waals surface area contributed by atoms with E-state index in [2.05, 4.69) is 11.6 Å². The maximum atomic E-state index is 13.9. The molecule has 1 aromatic carbocycles. The SMILES string of the molecule is C=C1COc2ccc(N3C(=O)C=C(F)N4CCN=C43)cc2N1C. The number of hydrogen-bond donors (Lipinski definition) is 0. The fourth-order valence-corrected chi connectivity index (χ4v) is 2.87. The number of anilines is 2. The fourth-order valence-electron chi connectivity index (χ4n) is 2.87. The van der Waals surface area contributed by atoms with E-state index in [1.807, 2.05) is 18.0 Å². The highest BCUT2D eigenvalue weighted by Crippen LogP contribution is 2.38. The molecule has 3 aliphatic rings. The van der Waals surface area contributed by atoms with Crippen LogP contribution in [0, 0.1) is 0 Å². The van der Waals surface area contributed by atoms with Crippen LogP contribution in [-0.4, -0.2) is 43.5 Å². The number of aliphatic imine (C=N–C) groups is 1. The largest absolute Gasteiger partial charge is 0.485 e. The van der Waals surface area contributed by atoms with E-state index in [1.165, 1.54) is 9.80 Å². The Morgan fingerprint density at radius 1 is 1.39 bits per heavy atom. The van der Waals surface area contributed by atoms with Crippen LogP contribution in [0.25, 0.3) is 0 Å². The number of benzene rings is 1. The number of hydrogen-bond acceptors (Lipinski definition) is 5. The van der Waals surface area contributed by atoms with Crippen molar-refractivity contribution in [3.05, 3.63) is 42.5 Å². The van der Waals surface area contributed by atoms with Crippen LogP contribution in [0.2, 0.25) is 0 Å². The molecule has 118 valence electrons. The molecule has 0 saturated heterocycles. The maximum Gasteiger partial charge on any atom is 0.262 e. The molecule has 1 aromatic rings. The first-order chi connectivity index (χ1) is 11.1. The Hall–Kier alpha value is -2.83. The average Bonchev–Trinajstić information content (AvgIpc) is 3.01. The molecular formula is C16H15FN4O2. The molecule has 0 atom stereocenters. The average molecular weight is 314 g/mol. The van der Waals surface area contributed by atoms with Crippen LogP contribution in [0.1, 0.15) is 0 Å². The van der Waals surface area contributed by atoms with Crippen LogP contribution < -0.4 is 14.5 Å². The molecule has 0 radical (unpaired) electrons. The van der Waals surface area contributed by atoms with Crippen molar-refractivity contribution in [2.45, 2.75) is 0 Å². The third-order valence-corrected chi connectivity index (χ3v) is 4.17. The molecule has 0 fully saturated rings. The smallest absolute Gasteiger partial charge is 0.262 e. The van der Waals surface area contributed by atoms with Crippen LogP contribution >= 0.6 is 0 Å². The highest BCUT2D eigenvalue weighted by molar-refractivity contribution is 6.22. The molecule has 0 bridgehead atoms. The number of carbonyl (C=O) groups excluding carboxylic acids is 1. The van der Waals surface area contributed by atoms with Crippen molar-refractivity contribution < 1.29 is 13.9 Å². The van der Waals surface area contributed by atoms with E-state index in [-0.39, 0.29) is 0 Å². The number of rotatable bonds is 1. The Labute approximate surface area is 132 Å². The van der Waals surface area contributed by atoms with E-state index in [1.54, 1.807) is 12.1 Å².